The van der Waals surface area contributed by atoms with E-state index < -0.39 is 0 Å². The van der Waals surface area contributed by atoms with Crippen molar-refractivity contribution in [3.05, 3.63) is 29.8 Å². The number of rotatable bonds is 4. The molecule has 1 unspecified atom stereocenters. The Balaban J connectivity index is 2.17. The zero-order valence-corrected chi connectivity index (χ0v) is 10.8. The number of benzene rings is 1. The van der Waals surface area contributed by atoms with Crippen molar-refractivity contribution in [1.29, 1.82) is 0 Å². The molecule has 0 aromatic heterocycles. The molecule has 1 fully saturated rings. The Morgan fingerprint density at radius 1 is 1.39 bits per heavy atom. The van der Waals surface area contributed by atoms with Gasteiger partial charge in [-0.05, 0) is 17.7 Å². The van der Waals surface area contributed by atoms with Gasteiger partial charge in [-0.2, -0.15) is 0 Å². The molecule has 18 heavy (non-hydrogen) atoms. The van der Waals surface area contributed by atoms with Crippen molar-refractivity contribution >= 4 is 11.7 Å². The summed E-state index contributed by atoms with van der Waals surface area (Å²) in [7, 11) is 3.99. The molecule has 0 saturated carbocycles. The molecule has 0 spiro atoms. The first-order valence-electron chi connectivity index (χ1n) is 6.06. The van der Waals surface area contributed by atoms with Gasteiger partial charge < -0.3 is 20.2 Å². The second kappa shape index (κ2) is 5.27. The van der Waals surface area contributed by atoms with E-state index in [0.29, 0.717) is 13.1 Å². The molecule has 5 heteroatoms. The number of carbonyl (C=O) groups excluding carboxylic acids is 1. The molecule has 1 aliphatic rings. The van der Waals surface area contributed by atoms with Crippen LogP contribution in [0.25, 0.3) is 0 Å². The van der Waals surface area contributed by atoms with E-state index in [2.05, 4.69) is 5.32 Å². The Morgan fingerprint density at radius 3 is 2.61 bits per heavy atom. The highest BCUT2D eigenvalue weighted by atomic mass is 16.3. The zero-order valence-electron chi connectivity index (χ0n) is 10.8. The van der Waals surface area contributed by atoms with E-state index in [9.17, 15) is 4.79 Å². The number of nitrogens with zero attached hydrogens (tertiary/aromatic N) is 2. The van der Waals surface area contributed by atoms with E-state index in [1.54, 1.807) is 4.90 Å². The van der Waals surface area contributed by atoms with Crippen LogP contribution in [0.2, 0.25) is 0 Å². The molecular formula is C13H19N3O2. The largest absolute Gasteiger partial charge is 0.395 e. The lowest BCUT2D eigenvalue weighted by molar-refractivity contribution is 0.179. The van der Waals surface area contributed by atoms with Gasteiger partial charge >= 0.3 is 6.03 Å². The van der Waals surface area contributed by atoms with Crippen molar-refractivity contribution in [2.75, 3.05) is 38.7 Å². The fraction of sp³-hybridized carbons (Fsp3) is 0.462. The summed E-state index contributed by atoms with van der Waals surface area (Å²) in [5, 5.41) is 11.8. The third kappa shape index (κ3) is 2.41. The van der Waals surface area contributed by atoms with Crippen LogP contribution in [-0.4, -0.2) is 49.8 Å². The minimum absolute atomic E-state index is 0.0142. The standard InChI is InChI=1S/C13H19N3O2/c1-15(2)11-5-3-10(4-6-11)12-9-14-13(18)16(12)7-8-17/h3-6,12,17H,7-9H2,1-2H3,(H,14,18). The maximum atomic E-state index is 11.6. The number of β-amino-alcohol motifs (C(OH)–C–C–N with tert-alkyl or cyclic N) is 1. The molecule has 5 nitrogen and oxygen atoms in total. The van der Waals surface area contributed by atoms with Crippen LogP contribution in [0.15, 0.2) is 24.3 Å². The average molecular weight is 249 g/mol. The van der Waals surface area contributed by atoms with Crippen molar-refractivity contribution in [1.82, 2.24) is 10.2 Å². The quantitative estimate of drug-likeness (QED) is 0.830. The second-order valence-corrected chi connectivity index (χ2v) is 4.60. The van der Waals surface area contributed by atoms with Crippen LogP contribution in [0.4, 0.5) is 10.5 Å². The van der Waals surface area contributed by atoms with Gasteiger partial charge in [0, 0.05) is 32.9 Å². The lowest BCUT2D eigenvalue weighted by atomic mass is 10.1. The van der Waals surface area contributed by atoms with Crippen LogP contribution in [0, 0.1) is 0 Å². The molecule has 1 atom stereocenters. The monoisotopic (exact) mass is 249 g/mol. The molecule has 2 rings (SSSR count). The first-order chi connectivity index (χ1) is 8.63. The van der Waals surface area contributed by atoms with E-state index in [0.717, 1.165) is 11.3 Å². The Bertz CT molecular complexity index is 417. The maximum Gasteiger partial charge on any atom is 0.318 e. The van der Waals surface area contributed by atoms with Crippen molar-refractivity contribution in [2.24, 2.45) is 0 Å². The molecule has 98 valence electrons. The lowest BCUT2D eigenvalue weighted by Gasteiger charge is -2.23. The predicted molar refractivity (Wildman–Crippen MR) is 70.7 cm³/mol. The Morgan fingerprint density at radius 2 is 2.06 bits per heavy atom. The molecule has 0 radical (unpaired) electrons. The maximum absolute atomic E-state index is 11.6. The smallest absolute Gasteiger partial charge is 0.318 e. The highest BCUT2D eigenvalue weighted by Gasteiger charge is 2.31. The number of hydrogen-bond donors (Lipinski definition) is 2. The molecular weight excluding hydrogens is 230 g/mol. The highest BCUT2D eigenvalue weighted by molar-refractivity contribution is 5.77. The van der Waals surface area contributed by atoms with Gasteiger partial charge in [0.25, 0.3) is 0 Å². The second-order valence-electron chi connectivity index (χ2n) is 4.60. The topological polar surface area (TPSA) is 55.8 Å². The SMILES string of the molecule is CN(C)c1ccc(C2CNC(=O)N2CCO)cc1. The fourth-order valence-corrected chi connectivity index (χ4v) is 2.19. The number of hydrogen-bond acceptors (Lipinski definition) is 3. The molecule has 1 aromatic carbocycles. The summed E-state index contributed by atoms with van der Waals surface area (Å²) in [6.07, 6.45) is 0. The van der Waals surface area contributed by atoms with Gasteiger partial charge in [0.2, 0.25) is 0 Å². The highest BCUT2D eigenvalue weighted by Crippen LogP contribution is 2.25. The van der Waals surface area contributed by atoms with Gasteiger partial charge in [-0.25, -0.2) is 4.79 Å². The van der Waals surface area contributed by atoms with E-state index in [1.807, 2.05) is 43.3 Å². The summed E-state index contributed by atoms with van der Waals surface area (Å²) in [5.41, 5.74) is 2.22. The van der Waals surface area contributed by atoms with Gasteiger partial charge in [0.1, 0.15) is 0 Å². The number of aliphatic hydroxyl groups is 1. The number of urea groups is 1. The van der Waals surface area contributed by atoms with Crippen LogP contribution >= 0.6 is 0 Å². The summed E-state index contributed by atoms with van der Waals surface area (Å²) >= 11 is 0. The summed E-state index contributed by atoms with van der Waals surface area (Å²) in [5.74, 6) is 0. The van der Waals surface area contributed by atoms with E-state index in [-0.39, 0.29) is 18.7 Å². The molecule has 2 N–H and O–H groups in total. The van der Waals surface area contributed by atoms with Gasteiger partial charge in [-0.1, -0.05) is 12.1 Å². The molecule has 1 saturated heterocycles. The molecule has 2 amide bonds. The number of aliphatic hydroxyl groups excluding tert-OH is 1. The number of carbonyl (C=O) groups is 1. The summed E-state index contributed by atoms with van der Waals surface area (Å²) in [6, 6.07) is 8.05. The predicted octanol–water partition coefficient (Wildman–Crippen LogP) is 0.811. The van der Waals surface area contributed by atoms with Gasteiger partial charge in [0.15, 0.2) is 0 Å². The molecule has 1 heterocycles. The summed E-state index contributed by atoms with van der Waals surface area (Å²) < 4.78 is 0. The van der Waals surface area contributed by atoms with Crippen LogP contribution in [-0.2, 0) is 0 Å². The Kier molecular flexibility index (Phi) is 3.72. The van der Waals surface area contributed by atoms with Crippen LogP contribution in [0.5, 0.6) is 0 Å². The van der Waals surface area contributed by atoms with Crippen molar-refractivity contribution in [3.63, 3.8) is 0 Å². The van der Waals surface area contributed by atoms with E-state index in [1.165, 1.54) is 0 Å². The summed E-state index contributed by atoms with van der Waals surface area (Å²) in [4.78, 5) is 15.3. The van der Waals surface area contributed by atoms with Gasteiger partial charge in [0.05, 0.1) is 12.6 Å². The lowest BCUT2D eigenvalue weighted by Crippen LogP contribution is -2.32. The average Bonchev–Trinajstić information content (AvgIpc) is 2.72. The zero-order chi connectivity index (χ0) is 13.1. The normalized spacial score (nSPS) is 18.9. The third-order valence-electron chi connectivity index (χ3n) is 3.22. The molecule has 1 aromatic rings. The minimum Gasteiger partial charge on any atom is -0.395 e. The van der Waals surface area contributed by atoms with Crippen molar-refractivity contribution in [3.8, 4) is 0 Å². The van der Waals surface area contributed by atoms with Crippen LogP contribution in [0.3, 0.4) is 0 Å². The van der Waals surface area contributed by atoms with Gasteiger partial charge in [-0.15, -0.1) is 0 Å². The van der Waals surface area contributed by atoms with Crippen molar-refractivity contribution in [2.45, 2.75) is 6.04 Å². The number of anilines is 1. The van der Waals surface area contributed by atoms with Crippen LogP contribution in [0.1, 0.15) is 11.6 Å². The minimum atomic E-state index is -0.106. The molecule has 0 aliphatic carbocycles. The first kappa shape index (κ1) is 12.7. The third-order valence-corrected chi connectivity index (χ3v) is 3.22. The number of nitrogens with one attached hydrogen (secondary N) is 1. The molecule has 0 bridgehead atoms. The first-order valence-corrected chi connectivity index (χ1v) is 6.06. The van der Waals surface area contributed by atoms with Gasteiger partial charge in [-0.3, -0.25) is 0 Å². The Hall–Kier alpha value is -1.75. The summed E-state index contributed by atoms with van der Waals surface area (Å²) in [6.45, 7) is 0.950. The number of amides is 2. The van der Waals surface area contributed by atoms with E-state index >= 15 is 0 Å². The molecule has 1 aliphatic heterocycles. The Labute approximate surface area is 107 Å². The van der Waals surface area contributed by atoms with Crippen molar-refractivity contribution < 1.29 is 9.90 Å². The fourth-order valence-electron chi connectivity index (χ4n) is 2.19. The van der Waals surface area contributed by atoms with Crippen LogP contribution < -0.4 is 10.2 Å². The van der Waals surface area contributed by atoms with E-state index in [4.69, 9.17) is 5.11 Å².